The van der Waals surface area contributed by atoms with E-state index < -0.39 is 0 Å². The van der Waals surface area contributed by atoms with Gasteiger partial charge in [-0.25, -0.2) is 0 Å². The summed E-state index contributed by atoms with van der Waals surface area (Å²) in [7, 11) is 0. The van der Waals surface area contributed by atoms with Gasteiger partial charge in [-0.15, -0.1) is 0 Å². The van der Waals surface area contributed by atoms with Crippen molar-refractivity contribution in [2.24, 2.45) is 11.8 Å². The van der Waals surface area contributed by atoms with Crippen LogP contribution in [-0.4, -0.2) is 30.2 Å². The topological polar surface area (TPSA) is 61.4 Å². The van der Waals surface area contributed by atoms with Crippen LogP contribution in [0.4, 0.5) is 5.69 Å². The van der Waals surface area contributed by atoms with E-state index in [1.54, 1.807) is 0 Å². The van der Waals surface area contributed by atoms with Crippen molar-refractivity contribution in [2.75, 3.05) is 18.5 Å². The van der Waals surface area contributed by atoms with E-state index in [9.17, 15) is 4.79 Å². The Morgan fingerprint density at radius 2 is 1.91 bits per heavy atom. The van der Waals surface area contributed by atoms with E-state index in [4.69, 9.17) is 5.11 Å². The van der Waals surface area contributed by atoms with E-state index in [0.717, 1.165) is 11.3 Å². The molecule has 0 bridgehead atoms. The van der Waals surface area contributed by atoms with E-state index in [2.05, 4.69) is 31.4 Å². The van der Waals surface area contributed by atoms with Crippen molar-refractivity contribution in [3.8, 4) is 0 Å². The van der Waals surface area contributed by atoms with Crippen LogP contribution in [0, 0.1) is 18.8 Å². The number of anilines is 1. The zero-order valence-corrected chi connectivity index (χ0v) is 14.4. The molecule has 0 saturated heterocycles. The van der Waals surface area contributed by atoms with Gasteiger partial charge in [-0.3, -0.25) is 4.79 Å². The Hall–Kier alpha value is -1.55. The first-order chi connectivity index (χ1) is 10.4. The molecule has 0 fully saturated rings. The van der Waals surface area contributed by atoms with Crippen molar-refractivity contribution in [1.82, 2.24) is 5.32 Å². The molecule has 1 rings (SSSR count). The fourth-order valence-electron chi connectivity index (χ4n) is 2.13. The Morgan fingerprint density at radius 1 is 1.23 bits per heavy atom. The van der Waals surface area contributed by atoms with Gasteiger partial charge in [0.25, 0.3) is 5.91 Å². The summed E-state index contributed by atoms with van der Waals surface area (Å²) in [6.45, 7) is 11.2. The zero-order valence-electron chi connectivity index (χ0n) is 14.4. The first-order valence-electron chi connectivity index (χ1n) is 8.12. The minimum atomic E-state index is -0.0526. The number of aliphatic hydroxyl groups excluding tert-OH is 1. The molecule has 0 aliphatic rings. The minimum Gasteiger partial charge on any atom is -0.396 e. The van der Waals surface area contributed by atoms with Crippen LogP contribution in [0.3, 0.4) is 0 Å². The second-order valence-electron chi connectivity index (χ2n) is 6.48. The molecule has 4 heteroatoms. The summed E-state index contributed by atoms with van der Waals surface area (Å²) in [6.07, 6.45) is 0.701. The van der Waals surface area contributed by atoms with E-state index in [1.807, 2.05) is 32.0 Å². The van der Waals surface area contributed by atoms with Gasteiger partial charge in [0.1, 0.15) is 0 Å². The van der Waals surface area contributed by atoms with Crippen molar-refractivity contribution in [2.45, 2.75) is 47.1 Å². The van der Waals surface area contributed by atoms with Crippen molar-refractivity contribution >= 4 is 11.6 Å². The number of aliphatic hydroxyl groups is 1. The summed E-state index contributed by atoms with van der Waals surface area (Å²) < 4.78 is 0. The maximum atomic E-state index is 12.3. The van der Waals surface area contributed by atoms with Crippen LogP contribution >= 0.6 is 0 Å². The van der Waals surface area contributed by atoms with Gasteiger partial charge >= 0.3 is 0 Å². The smallest absolute Gasteiger partial charge is 0.251 e. The van der Waals surface area contributed by atoms with Crippen LogP contribution in [0.5, 0.6) is 0 Å². The third-order valence-electron chi connectivity index (χ3n) is 4.19. The van der Waals surface area contributed by atoms with Crippen LogP contribution in [0.25, 0.3) is 0 Å². The molecule has 0 aromatic heterocycles. The molecule has 0 spiro atoms. The van der Waals surface area contributed by atoms with Crippen LogP contribution in [0.15, 0.2) is 18.2 Å². The monoisotopic (exact) mass is 306 g/mol. The number of hydrogen-bond donors (Lipinski definition) is 3. The highest BCUT2D eigenvalue weighted by Crippen LogP contribution is 2.21. The number of hydrogen-bond acceptors (Lipinski definition) is 3. The molecule has 0 heterocycles. The molecular formula is C18H30N2O2. The van der Waals surface area contributed by atoms with Gasteiger partial charge in [-0.05, 0) is 49.8 Å². The van der Waals surface area contributed by atoms with Crippen molar-refractivity contribution in [3.63, 3.8) is 0 Å². The number of benzene rings is 1. The molecule has 4 nitrogen and oxygen atoms in total. The third kappa shape index (κ3) is 5.34. The van der Waals surface area contributed by atoms with Crippen molar-refractivity contribution in [3.05, 3.63) is 29.3 Å². The molecule has 22 heavy (non-hydrogen) atoms. The highest BCUT2D eigenvalue weighted by Gasteiger charge is 2.14. The van der Waals surface area contributed by atoms with E-state index in [1.165, 1.54) is 0 Å². The summed E-state index contributed by atoms with van der Waals surface area (Å²) in [5.74, 6) is 0.746. The lowest BCUT2D eigenvalue weighted by Gasteiger charge is -2.21. The Kier molecular flexibility index (Phi) is 7.39. The largest absolute Gasteiger partial charge is 0.396 e. The average molecular weight is 306 g/mol. The van der Waals surface area contributed by atoms with Crippen LogP contribution in [-0.2, 0) is 0 Å². The SMILES string of the molecule is Cc1c(NC(C)C(C)C)cccc1C(=O)NCC(C)CCO. The first kappa shape index (κ1) is 18.5. The van der Waals surface area contributed by atoms with E-state index in [0.29, 0.717) is 30.5 Å². The van der Waals surface area contributed by atoms with E-state index in [-0.39, 0.29) is 18.4 Å². The summed E-state index contributed by atoms with van der Waals surface area (Å²) in [5, 5.41) is 15.3. The average Bonchev–Trinajstić information content (AvgIpc) is 2.47. The lowest BCUT2D eigenvalue weighted by Crippen LogP contribution is -2.29. The van der Waals surface area contributed by atoms with Crippen molar-refractivity contribution < 1.29 is 9.90 Å². The third-order valence-corrected chi connectivity index (χ3v) is 4.19. The molecule has 1 aromatic carbocycles. The van der Waals surface area contributed by atoms with Crippen LogP contribution in [0.2, 0.25) is 0 Å². The number of nitrogens with one attached hydrogen (secondary N) is 2. The second-order valence-corrected chi connectivity index (χ2v) is 6.48. The molecular weight excluding hydrogens is 276 g/mol. The maximum Gasteiger partial charge on any atom is 0.251 e. The molecule has 0 aliphatic carbocycles. The molecule has 2 unspecified atom stereocenters. The van der Waals surface area contributed by atoms with Crippen LogP contribution < -0.4 is 10.6 Å². The fourth-order valence-corrected chi connectivity index (χ4v) is 2.13. The van der Waals surface area contributed by atoms with Gasteiger partial charge in [0.15, 0.2) is 0 Å². The fraction of sp³-hybridized carbons (Fsp3) is 0.611. The molecule has 0 aliphatic heterocycles. The lowest BCUT2D eigenvalue weighted by atomic mass is 10.0. The predicted octanol–water partition coefficient (Wildman–Crippen LogP) is 3.20. The summed E-state index contributed by atoms with van der Waals surface area (Å²) in [6, 6.07) is 6.13. The number of amides is 1. The van der Waals surface area contributed by atoms with Gasteiger partial charge < -0.3 is 15.7 Å². The Balaban J connectivity index is 2.77. The molecule has 2 atom stereocenters. The molecule has 3 N–H and O–H groups in total. The molecule has 0 saturated carbocycles. The molecule has 1 aromatic rings. The van der Waals surface area contributed by atoms with Crippen molar-refractivity contribution in [1.29, 1.82) is 0 Å². The minimum absolute atomic E-state index is 0.0526. The first-order valence-corrected chi connectivity index (χ1v) is 8.12. The summed E-state index contributed by atoms with van der Waals surface area (Å²) in [5.41, 5.74) is 2.69. The summed E-state index contributed by atoms with van der Waals surface area (Å²) >= 11 is 0. The Bertz CT molecular complexity index is 486. The van der Waals surface area contributed by atoms with Gasteiger partial charge in [-0.1, -0.05) is 26.8 Å². The lowest BCUT2D eigenvalue weighted by molar-refractivity contribution is 0.0945. The van der Waals surface area contributed by atoms with Crippen LogP contribution in [0.1, 0.15) is 50.0 Å². The van der Waals surface area contributed by atoms with Gasteiger partial charge in [0, 0.05) is 30.4 Å². The highest BCUT2D eigenvalue weighted by molar-refractivity contribution is 5.97. The normalized spacial score (nSPS) is 13.8. The highest BCUT2D eigenvalue weighted by atomic mass is 16.3. The predicted molar refractivity (Wildman–Crippen MR) is 92.3 cm³/mol. The Morgan fingerprint density at radius 3 is 2.50 bits per heavy atom. The standard InChI is InChI=1S/C18H30N2O2/c1-12(2)15(5)20-17-8-6-7-16(14(17)4)18(22)19-11-13(3)9-10-21/h6-8,12-13,15,20-21H,9-11H2,1-5H3,(H,19,22). The quantitative estimate of drug-likeness (QED) is 0.691. The number of carbonyl (C=O) groups is 1. The van der Waals surface area contributed by atoms with E-state index >= 15 is 0 Å². The summed E-state index contributed by atoms with van der Waals surface area (Å²) in [4.78, 5) is 12.3. The molecule has 0 radical (unpaired) electrons. The molecule has 124 valence electrons. The molecule has 1 amide bonds. The van der Waals surface area contributed by atoms with Gasteiger partial charge in [0.05, 0.1) is 0 Å². The maximum absolute atomic E-state index is 12.3. The number of carbonyl (C=O) groups excluding carboxylic acids is 1. The van der Waals surface area contributed by atoms with Gasteiger partial charge in [0.2, 0.25) is 0 Å². The van der Waals surface area contributed by atoms with Gasteiger partial charge in [-0.2, -0.15) is 0 Å². The number of rotatable bonds is 8. The Labute approximate surface area is 134 Å². The zero-order chi connectivity index (χ0) is 16.7. The second kappa shape index (κ2) is 8.79.